The number of nitrogens with one attached hydrogen (secondary N) is 1. The zero-order chi connectivity index (χ0) is 14.9. The predicted octanol–water partition coefficient (Wildman–Crippen LogP) is 3.21. The molecule has 0 bridgehead atoms. The Morgan fingerprint density at radius 1 is 1.45 bits per heavy atom. The Morgan fingerprint density at radius 2 is 2.15 bits per heavy atom. The van der Waals surface area contributed by atoms with Crippen LogP contribution in [0.1, 0.15) is 17.0 Å². The normalized spacial score (nSPS) is 10.6. The van der Waals surface area contributed by atoms with Crippen molar-refractivity contribution >= 4 is 23.0 Å². The molecule has 2 aromatic rings. The van der Waals surface area contributed by atoms with Crippen LogP contribution in [0.15, 0.2) is 18.2 Å². The molecule has 6 nitrogen and oxygen atoms in total. The highest BCUT2D eigenvalue weighted by Crippen LogP contribution is 2.24. The largest absolute Gasteiger partial charge is 0.378 e. The van der Waals surface area contributed by atoms with Gasteiger partial charge < -0.3 is 5.32 Å². The fraction of sp³-hybridized carbons (Fsp3) is 0.308. The molecule has 0 aliphatic heterocycles. The maximum Gasteiger partial charge on any atom is 0.269 e. The first kappa shape index (κ1) is 14.3. The molecule has 1 aromatic carbocycles. The van der Waals surface area contributed by atoms with Crippen molar-refractivity contribution in [3.8, 4) is 0 Å². The molecule has 0 saturated heterocycles. The molecule has 0 amide bonds. The summed E-state index contributed by atoms with van der Waals surface area (Å²) in [6, 6.07) is 4.42. The number of aromatic nitrogens is 2. The summed E-state index contributed by atoms with van der Waals surface area (Å²) >= 11 is 6.07. The average Bonchev–Trinajstić information content (AvgIpc) is 2.63. The third-order valence-corrected chi connectivity index (χ3v) is 3.57. The molecule has 1 N–H and O–H groups in total. The number of nitro benzene ring substituents is 1. The molecule has 20 heavy (non-hydrogen) atoms. The number of anilines is 1. The number of hydrogen-bond acceptors (Lipinski definition) is 4. The van der Waals surface area contributed by atoms with Crippen LogP contribution >= 0.6 is 11.6 Å². The average molecular weight is 295 g/mol. The lowest BCUT2D eigenvalue weighted by atomic mass is 10.2. The van der Waals surface area contributed by atoms with Gasteiger partial charge in [-0.05, 0) is 25.5 Å². The standard InChI is InChI=1S/C13H15ClN4O2/c1-8-13(9(2)17(3)16-8)15-7-10-6-11(18(19)20)4-5-12(10)14/h4-6,15H,7H2,1-3H3. The van der Waals surface area contributed by atoms with E-state index in [1.165, 1.54) is 12.1 Å². The minimum atomic E-state index is -0.430. The number of nitro groups is 1. The van der Waals surface area contributed by atoms with E-state index < -0.39 is 4.92 Å². The summed E-state index contributed by atoms with van der Waals surface area (Å²) in [7, 11) is 1.87. The molecule has 0 unspecified atom stereocenters. The van der Waals surface area contributed by atoms with E-state index >= 15 is 0 Å². The lowest BCUT2D eigenvalue weighted by Gasteiger charge is -2.08. The fourth-order valence-corrected chi connectivity index (χ4v) is 2.21. The van der Waals surface area contributed by atoms with Crippen LogP contribution in [0.4, 0.5) is 11.4 Å². The molecule has 1 aromatic heterocycles. The smallest absolute Gasteiger partial charge is 0.269 e. The lowest BCUT2D eigenvalue weighted by Crippen LogP contribution is -2.03. The fourth-order valence-electron chi connectivity index (χ4n) is 2.02. The second-order valence-electron chi connectivity index (χ2n) is 4.56. The number of halogens is 1. The van der Waals surface area contributed by atoms with Crippen molar-refractivity contribution in [2.24, 2.45) is 7.05 Å². The molecule has 0 spiro atoms. The van der Waals surface area contributed by atoms with Gasteiger partial charge in [-0.15, -0.1) is 0 Å². The first-order valence-electron chi connectivity index (χ1n) is 6.07. The summed E-state index contributed by atoms with van der Waals surface area (Å²) in [4.78, 5) is 10.3. The summed E-state index contributed by atoms with van der Waals surface area (Å²) < 4.78 is 1.78. The molecular formula is C13H15ClN4O2. The molecule has 106 valence electrons. The molecule has 0 fully saturated rings. The monoisotopic (exact) mass is 294 g/mol. The predicted molar refractivity (Wildman–Crippen MR) is 78.1 cm³/mol. The Bertz CT molecular complexity index is 667. The maximum absolute atomic E-state index is 10.8. The summed E-state index contributed by atoms with van der Waals surface area (Å²) in [5.41, 5.74) is 3.53. The summed E-state index contributed by atoms with van der Waals surface area (Å²) in [6.07, 6.45) is 0. The van der Waals surface area contributed by atoms with E-state index in [1.54, 1.807) is 10.7 Å². The van der Waals surface area contributed by atoms with Crippen LogP contribution in [-0.2, 0) is 13.6 Å². The minimum Gasteiger partial charge on any atom is -0.378 e. The van der Waals surface area contributed by atoms with Crippen molar-refractivity contribution in [1.29, 1.82) is 0 Å². The van der Waals surface area contributed by atoms with Gasteiger partial charge in [-0.3, -0.25) is 14.8 Å². The zero-order valence-corrected chi connectivity index (χ0v) is 12.2. The van der Waals surface area contributed by atoms with E-state index in [0.717, 1.165) is 17.1 Å². The molecule has 1 heterocycles. The summed E-state index contributed by atoms with van der Waals surface area (Å²) in [6.45, 7) is 4.27. The van der Waals surface area contributed by atoms with Gasteiger partial charge in [0.05, 0.1) is 22.0 Å². The van der Waals surface area contributed by atoms with Crippen LogP contribution in [0.25, 0.3) is 0 Å². The Morgan fingerprint density at radius 3 is 2.70 bits per heavy atom. The number of non-ortho nitro benzene ring substituents is 1. The Labute approximate surface area is 121 Å². The van der Waals surface area contributed by atoms with Gasteiger partial charge in [-0.2, -0.15) is 5.10 Å². The lowest BCUT2D eigenvalue weighted by molar-refractivity contribution is -0.384. The van der Waals surface area contributed by atoms with Crippen molar-refractivity contribution in [2.45, 2.75) is 20.4 Å². The quantitative estimate of drug-likeness (QED) is 0.694. The summed E-state index contributed by atoms with van der Waals surface area (Å²) in [5, 5.41) is 18.8. The van der Waals surface area contributed by atoms with E-state index in [-0.39, 0.29) is 5.69 Å². The third-order valence-electron chi connectivity index (χ3n) is 3.20. The van der Waals surface area contributed by atoms with Crippen molar-refractivity contribution < 1.29 is 4.92 Å². The van der Waals surface area contributed by atoms with E-state index in [2.05, 4.69) is 10.4 Å². The van der Waals surface area contributed by atoms with Crippen LogP contribution in [-0.4, -0.2) is 14.7 Å². The van der Waals surface area contributed by atoms with E-state index in [9.17, 15) is 10.1 Å². The molecule has 7 heteroatoms. The van der Waals surface area contributed by atoms with Gasteiger partial charge in [0.15, 0.2) is 0 Å². The Kier molecular flexibility index (Phi) is 3.94. The number of nitrogens with zero attached hydrogens (tertiary/aromatic N) is 3. The van der Waals surface area contributed by atoms with Crippen LogP contribution < -0.4 is 5.32 Å². The molecular weight excluding hydrogens is 280 g/mol. The van der Waals surface area contributed by atoms with Gasteiger partial charge in [-0.1, -0.05) is 11.6 Å². The van der Waals surface area contributed by atoms with Crippen molar-refractivity contribution in [3.05, 3.63) is 50.3 Å². The second kappa shape index (κ2) is 5.50. The van der Waals surface area contributed by atoms with Gasteiger partial charge in [-0.25, -0.2) is 0 Å². The summed E-state index contributed by atoms with van der Waals surface area (Å²) in [5.74, 6) is 0. The number of aryl methyl sites for hydroxylation is 2. The van der Waals surface area contributed by atoms with E-state index in [1.807, 2.05) is 20.9 Å². The van der Waals surface area contributed by atoms with E-state index in [0.29, 0.717) is 17.1 Å². The molecule has 2 rings (SSSR count). The molecule has 0 atom stereocenters. The van der Waals surface area contributed by atoms with Gasteiger partial charge >= 0.3 is 0 Å². The molecule has 0 radical (unpaired) electrons. The number of hydrogen-bond donors (Lipinski definition) is 1. The topological polar surface area (TPSA) is 73.0 Å². The second-order valence-corrected chi connectivity index (χ2v) is 4.96. The van der Waals surface area contributed by atoms with E-state index in [4.69, 9.17) is 11.6 Å². The maximum atomic E-state index is 10.8. The molecule has 0 aliphatic rings. The Hall–Kier alpha value is -2.08. The highest BCUT2D eigenvalue weighted by Gasteiger charge is 2.12. The molecule has 0 aliphatic carbocycles. The highest BCUT2D eigenvalue weighted by molar-refractivity contribution is 6.31. The SMILES string of the molecule is Cc1nn(C)c(C)c1NCc1cc([N+](=O)[O-])ccc1Cl. The number of benzene rings is 1. The Balaban J connectivity index is 2.22. The molecule has 0 saturated carbocycles. The van der Waals surface area contributed by atoms with Gasteiger partial charge in [0.1, 0.15) is 0 Å². The van der Waals surface area contributed by atoms with Crippen molar-refractivity contribution in [3.63, 3.8) is 0 Å². The van der Waals surface area contributed by atoms with Crippen LogP contribution in [0, 0.1) is 24.0 Å². The van der Waals surface area contributed by atoms with Crippen molar-refractivity contribution in [2.75, 3.05) is 5.32 Å². The first-order chi connectivity index (χ1) is 9.40. The highest BCUT2D eigenvalue weighted by atomic mass is 35.5. The minimum absolute atomic E-state index is 0.0332. The van der Waals surface area contributed by atoms with Crippen LogP contribution in [0.3, 0.4) is 0 Å². The van der Waals surface area contributed by atoms with Gasteiger partial charge in [0.25, 0.3) is 5.69 Å². The van der Waals surface area contributed by atoms with Crippen LogP contribution in [0.2, 0.25) is 5.02 Å². The van der Waals surface area contributed by atoms with Crippen molar-refractivity contribution in [1.82, 2.24) is 9.78 Å². The third kappa shape index (κ3) is 2.75. The number of rotatable bonds is 4. The van der Waals surface area contributed by atoms with Crippen LogP contribution in [0.5, 0.6) is 0 Å². The van der Waals surface area contributed by atoms with Gasteiger partial charge in [0, 0.05) is 30.7 Å². The first-order valence-corrected chi connectivity index (χ1v) is 6.45. The zero-order valence-electron chi connectivity index (χ0n) is 11.5. The van der Waals surface area contributed by atoms with Gasteiger partial charge in [0.2, 0.25) is 0 Å².